The number of phosphoric ester groups is 2. The van der Waals surface area contributed by atoms with E-state index in [2.05, 4.69) is 48.5 Å². The topological polar surface area (TPSA) is 237 Å². The largest absolute Gasteiger partial charge is 0.472 e. The summed E-state index contributed by atoms with van der Waals surface area (Å²) < 4.78 is 68.5. The lowest BCUT2D eigenvalue weighted by atomic mass is 9.99. The molecule has 0 rings (SSSR count). The number of hydrogen-bond acceptors (Lipinski definition) is 15. The van der Waals surface area contributed by atoms with Crippen LogP contribution in [-0.4, -0.2) is 96.7 Å². The van der Waals surface area contributed by atoms with Gasteiger partial charge in [0.1, 0.15) is 19.3 Å². The molecule has 17 nitrogen and oxygen atoms in total. The molecule has 0 fully saturated rings. The van der Waals surface area contributed by atoms with E-state index in [4.69, 9.17) is 37.0 Å². The number of hydrogen-bond donors (Lipinski definition) is 3. The van der Waals surface area contributed by atoms with Gasteiger partial charge in [-0.25, -0.2) is 9.13 Å². The van der Waals surface area contributed by atoms with Crippen molar-refractivity contribution in [3.63, 3.8) is 0 Å². The first kappa shape index (κ1) is 96.1. The van der Waals surface area contributed by atoms with Crippen molar-refractivity contribution in [2.45, 2.75) is 426 Å². The van der Waals surface area contributed by atoms with Gasteiger partial charge >= 0.3 is 39.5 Å². The Morgan fingerprint density at radius 2 is 0.520 bits per heavy atom. The Morgan fingerprint density at radius 1 is 0.296 bits per heavy atom. The van der Waals surface area contributed by atoms with Crippen LogP contribution in [0, 0.1) is 17.8 Å². The molecule has 0 aliphatic carbocycles. The Kier molecular flexibility index (Phi) is 68.1. The molecule has 0 bridgehead atoms. The first-order valence-corrected chi connectivity index (χ1v) is 43.9. The van der Waals surface area contributed by atoms with E-state index in [1.54, 1.807) is 0 Å². The molecule has 19 heteroatoms. The monoisotopic (exact) mass is 1440 g/mol. The average molecular weight is 1440 g/mol. The van der Waals surface area contributed by atoms with E-state index >= 15 is 0 Å². The second kappa shape index (κ2) is 69.4. The molecule has 6 atom stereocenters. The number of aliphatic hydroxyl groups excluding tert-OH is 1. The molecule has 0 spiro atoms. The predicted octanol–water partition coefficient (Wildman–Crippen LogP) is 23.4. The SMILES string of the molecule is CCCCCCCCCCC(=O)OC[C@H](COP(=O)(O)OC[C@H](O)COP(=O)(O)OC[C@@H](COC(=O)CCCCCCCCCCCCCCCCC(C)CC)OC(=O)CCCCCCCCCCCCCCCCCCCCC(C)C)OC(=O)CCCCCCCCCCC(C)C. The van der Waals surface area contributed by atoms with Gasteiger partial charge in [-0.15, -0.1) is 0 Å². The normalized spacial score (nSPS) is 14.3. The van der Waals surface area contributed by atoms with E-state index in [1.807, 2.05) is 0 Å². The number of esters is 4. The third-order valence-electron chi connectivity index (χ3n) is 18.7. The number of carbonyl (C=O) groups is 4. The van der Waals surface area contributed by atoms with Gasteiger partial charge in [-0.1, -0.05) is 357 Å². The molecule has 0 saturated heterocycles. The maximum atomic E-state index is 13.1. The Bertz CT molecular complexity index is 1910. The predicted molar refractivity (Wildman–Crippen MR) is 400 cm³/mol. The van der Waals surface area contributed by atoms with Gasteiger partial charge in [0.15, 0.2) is 12.2 Å². The molecule has 0 aromatic rings. The van der Waals surface area contributed by atoms with Crippen molar-refractivity contribution < 1.29 is 80.2 Å². The second-order valence-corrected chi connectivity index (χ2v) is 32.6. The number of phosphoric acid groups is 2. The zero-order valence-corrected chi connectivity index (χ0v) is 66.0. The van der Waals surface area contributed by atoms with Crippen molar-refractivity contribution in [2.24, 2.45) is 17.8 Å². The fraction of sp³-hybridized carbons (Fsp3) is 0.949. The molecule has 0 saturated carbocycles. The lowest BCUT2D eigenvalue weighted by Crippen LogP contribution is -2.30. The molecule has 98 heavy (non-hydrogen) atoms. The molecule has 0 aromatic carbocycles. The maximum Gasteiger partial charge on any atom is 0.472 e. The molecule has 0 heterocycles. The third kappa shape index (κ3) is 71.1. The molecule has 3 N–H and O–H groups in total. The van der Waals surface area contributed by atoms with Gasteiger partial charge in [-0.2, -0.15) is 0 Å². The van der Waals surface area contributed by atoms with Crippen LogP contribution in [0.15, 0.2) is 0 Å². The van der Waals surface area contributed by atoms with Crippen LogP contribution in [0.5, 0.6) is 0 Å². The van der Waals surface area contributed by atoms with E-state index < -0.39 is 97.5 Å². The fourth-order valence-electron chi connectivity index (χ4n) is 12.1. The minimum atomic E-state index is -4.96. The van der Waals surface area contributed by atoms with Crippen molar-refractivity contribution in [1.29, 1.82) is 0 Å². The zero-order valence-electron chi connectivity index (χ0n) is 64.3. The summed E-state index contributed by atoms with van der Waals surface area (Å²) in [7, 11) is -9.91. The number of ether oxygens (including phenoxy) is 4. The van der Waals surface area contributed by atoms with Crippen LogP contribution in [0.2, 0.25) is 0 Å². The molecule has 3 unspecified atom stereocenters. The lowest BCUT2D eigenvalue weighted by Gasteiger charge is -2.21. The maximum absolute atomic E-state index is 13.1. The van der Waals surface area contributed by atoms with Crippen LogP contribution < -0.4 is 0 Å². The molecular weight excluding hydrogens is 1280 g/mol. The number of aliphatic hydroxyl groups is 1. The molecule has 0 radical (unpaired) electrons. The van der Waals surface area contributed by atoms with Crippen LogP contribution in [-0.2, 0) is 65.4 Å². The summed E-state index contributed by atoms with van der Waals surface area (Å²) >= 11 is 0. The van der Waals surface area contributed by atoms with Crippen molar-refractivity contribution in [3.8, 4) is 0 Å². The summed E-state index contributed by atoms with van der Waals surface area (Å²) in [5, 5.41) is 10.6. The van der Waals surface area contributed by atoms with Crippen molar-refractivity contribution >= 4 is 39.5 Å². The highest BCUT2D eigenvalue weighted by Crippen LogP contribution is 2.45. The minimum absolute atomic E-state index is 0.104. The summed E-state index contributed by atoms with van der Waals surface area (Å²) in [4.78, 5) is 72.8. The van der Waals surface area contributed by atoms with Gasteiger partial charge < -0.3 is 33.8 Å². The van der Waals surface area contributed by atoms with E-state index in [0.29, 0.717) is 25.7 Å². The third-order valence-corrected chi connectivity index (χ3v) is 20.6. The number of rotatable bonds is 77. The molecule has 0 amide bonds. The highest BCUT2D eigenvalue weighted by molar-refractivity contribution is 7.47. The van der Waals surface area contributed by atoms with Crippen LogP contribution in [0.4, 0.5) is 0 Å². The van der Waals surface area contributed by atoms with E-state index in [-0.39, 0.29) is 25.7 Å². The minimum Gasteiger partial charge on any atom is -0.462 e. The standard InChI is InChI=1S/C79H154O17P2/c1-8-10-11-12-13-39-46-53-60-76(81)89-66-74(96-79(84)63-56-49-42-35-34-37-44-51-58-71(5)6)68-93-97(85,86)91-64-73(80)65-92-98(87,88)94-69-75(67-90-77(82)61-54-47-40-32-28-24-21-20-23-27-31-38-45-52-59-72(7)9-2)95-78(83)62-55-48-41-33-29-25-19-17-15-14-16-18-22-26-30-36-43-50-57-70(3)4/h70-75,80H,8-69H2,1-7H3,(H,85,86)(H,87,88)/t72?,73-,74+,75+/m0/s1. The van der Waals surface area contributed by atoms with Crippen molar-refractivity contribution in [3.05, 3.63) is 0 Å². The van der Waals surface area contributed by atoms with Gasteiger partial charge in [0.2, 0.25) is 0 Å². The van der Waals surface area contributed by atoms with Crippen LogP contribution in [0.3, 0.4) is 0 Å². The smallest absolute Gasteiger partial charge is 0.462 e. The molecule has 0 aromatic heterocycles. The summed E-state index contributed by atoms with van der Waals surface area (Å²) in [6.45, 7) is 11.9. The molecule has 582 valence electrons. The number of unbranched alkanes of at least 4 members (excludes halogenated alkanes) is 44. The molecular formula is C79H154O17P2. The number of carbonyl (C=O) groups excluding carboxylic acids is 4. The zero-order chi connectivity index (χ0) is 72.3. The van der Waals surface area contributed by atoms with Crippen LogP contribution >= 0.6 is 15.6 Å². The Hall–Kier alpha value is -1.94. The quantitative estimate of drug-likeness (QED) is 0.0222. The highest BCUT2D eigenvalue weighted by Gasteiger charge is 2.30. The van der Waals surface area contributed by atoms with Crippen LogP contribution in [0.1, 0.15) is 408 Å². The summed E-state index contributed by atoms with van der Waals surface area (Å²) in [6, 6.07) is 0. The fourth-order valence-corrected chi connectivity index (χ4v) is 13.7. The van der Waals surface area contributed by atoms with Crippen molar-refractivity contribution in [1.82, 2.24) is 0 Å². The summed E-state index contributed by atoms with van der Waals surface area (Å²) in [6.07, 6.45) is 57.1. The Labute approximate surface area is 600 Å². The Morgan fingerprint density at radius 3 is 0.776 bits per heavy atom. The highest BCUT2D eigenvalue weighted by atomic mass is 31.2. The van der Waals surface area contributed by atoms with Crippen molar-refractivity contribution in [2.75, 3.05) is 39.6 Å². The van der Waals surface area contributed by atoms with E-state index in [9.17, 15) is 43.2 Å². The molecule has 0 aliphatic rings. The van der Waals surface area contributed by atoms with Gasteiger partial charge in [-0.3, -0.25) is 37.3 Å². The average Bonchev–Trinajstić information content (AvgIpc) is 0.962. The molecule has 0 aliphatic heterocycles. The first-order valence-electron chi connectivity index (χ1n) is 40.9. The summed E-state index contributed by atoms with van der Waals surface area (Å²) in [5.74, 6) is 0.270. The van der Waals surface area contributed by atoms with Gasteiger partial charge in [0.25, 0.3) is 0 Å². The Balaban J connectivity index is 5.18. The lowest BCUT2D eigenvalue weighted by molar-refractivity contribution is -0.161. The summed E-state index contributed by atoms with van der Waals surface area (Å²) in [5.41, 5.74) is 0. The van der Waals surface area contributed by atoms with Gasteiger partial charge in [0.05, 0.1) is 26.4 Å². The van der Waals surface area contributed by atoms with E-state index in [1.165, 1.54) is 212 Å². The first-order chi connectivity index (χ1) is 47.3. The second-order valence-electron chi connectivity index (χ2n) is 29.6. The van der Waals surface area contributed by atoms with Gasteiger partial charge in [0, 0.05) is 25.7 Å². The van der Waals surface area contributed by atoms with E-state index in [0.717, 1.165) is 114 Å². The van der Waals surface area contributed by atoms with Crippen LogP contribution in [0.25, 0.3) is 0 Å². The van der Waals surface area contributed by atoms with Gasteiger partial charge in [-0.05, 0) is 43.4 Å².